The quantitative estimate of drug-likeness (QED) is 0.718. The largest absolute Gasteiger partial charge is 0.367 e. The van der Waals surface area contributed by atoms with Gasteiger partial charge in [-0.2, -0.15) is 0 Å². The fourth-order valence-electron chi connectivity index (χ4n) is 3.24. The van der Waals surface area contributed by atoms with Crippen molar-refractivity contribution >= 4 is 11.6 Å². The molecule has 0 N–H and O–H groups in total. The van der Waals surface area contributed by atoms with E-state index in [0.29, 0.717) is 13.2 Å². The van der Waals surface area contributed by atoms with Crippen molar-refractivity contribution in [2.24, 2.45) is 0 Å². The summed E-state index contributed by atoms with van der Waals surface area (Å²) >= 11 is 0. The van der Waals surface area contributed by atoms with Crippen LogP contribution in [-0.4, -0.2) is 17.5 Å². The number of hydrogen-bond donors (Lipinski definition) is 0. The van der Waals surface area contributed by atoms with Gasteiger partial charge < -0.3 is 9.64 Å². The number of amides is 1. The van der Waals surface area contributed by atoms with E-state index in [1.54, 1.807) is 6.20 Å². The van der Waals surface area contributed by atoms with E-state index in [2.05, 4.69) is 36.2 Å². The van der Waals surface area contributed by atoms with E-state index in [9.17, 15) is 4.79 Å². The number of carbonyl (C=O) groups is 1. The van der Waals surface area contributed by atoms with Crippen LogP contribution in [-0.2, 0) is 22.7 Å². The van der Waals surface area contributed by atoms with Crippen molar-refractivity contribution in [1.82, 2.24) is 4.98 Å². The molecule has 0 saturated carbocycles. The van der Waals surface area contributed by atoms with Gasteiger partial charge in [-0.25, -0.2) is 0 Å². The van der Waals surface area contributed by atoms with Gasteiger partial charge in [-0.3, -0.25) is 9.78 Å². The zero-order chi connectivity index (χ0) is 17.9. The standard InChI is InChI=1S/C22H20N2O2/c1-16-5-2-3-6-19(16)13-24-21-11-17(18-7-4-10-23-12-18)8-9-20(21)14-26-15-22(24)25/h2-12H,13-15H2,1H3. The third-order valence-corrected chi connectivity index (χ3v) is 4.74. The summed E-state index contributed by atoms with van der Waals surface area (Å²) in [5, 5.41) is 0. The first-order chi connectivity index (χ1) is 12.7. The monoisotopic (exact) mass is 344 g/mol. The Bertz CT molecular complexity index is 938. The molecular formula is C22H20N2O2. The molecule has 3 aromatic rings. The van der Waals surface area contributed by atoms with Gasteiger partial charge in [0, 0.05) is 23.5 Å². The second kappa shape index (κ2) is 7.10. The highest BCUT2D eigenvalue weighted by Crippen LogP contribution is 2.31. The van der Waals surface area contributed by atoms with Crippen LogP contribution >= 0.6 is 0 Å². The minimum atomic E-state index is -0.0182. The molecular weight excluding hydrogens is 324 g/mol. The maximum Gasteiger partial charge on any atom is 0.253 e. The van der Waals surface area contributed by atoms with Crippen LogP contribution in [0.4, 0.5) is 5.69 Å². The number of fused-ring (bicyclic) bond motifs is 1. The highest BCUT2D eigenvalue weighted by molar-refractivity contribution is 5.96. The molecule has 1 aliphatic rings. The molecule has 4 heteroatoms. The molecule has 0 unspecified atom stereocenters. The first kappa shape index (κ1) is 16.5. The van der Waals surface area contributed by atoms with Crippen LogP contribution in [0, 0.1) is 6.92 Å². The van der Waals surface area contributed by atoms with Crippen LogP contribution in [0.5, 0.6) is 0 Å². The fraction of sp³-hybridized carbons (Fsp3) is 0.182. The SMILES string of the molecule is Cc1ccccc1CN1C(=O)COCc2ccc(-c3cccnc3)cc21. The summed E-state index contributed by atoms with van der Waals surface area (Å²) in [4.78, 5) is 18.8. The molecule has 0 aliphatic carbocycles. The van der Waals surface area contributed by atoms with Crippen LogP contribution in [0.15, 0.2) is 67.0 Å². The maximum absolute atomic E-state index is 12.7. The Morgan fingerprint density at radius 3 is 2.73 bits per heavy atom. The Balaban J connectivity index is 1.77. The smallest absolute Gasteiger partial charge is 0.253 e. The lowest BCUT2D eigenvalue weighted by atomic mass is 10.0. The number of carbonyl (C=O) groups excluding carboxylic acids is 1. The highest BCUT2D eigenvalue weighted by atomic mass is 16.5. The van der Waals surface area contributed by atoms with Gasteiger partial charge in [-0.15, -0.1) is 0 Å². The van der Waals surface area contributed by atoms with Crippen LogP contribution in [0.3, 0.4) is 0 Å². The summed E-state index contributed by atoms with van der Waals surface area (Å²) in [5.41, 5.74) is 6.33. The van der Waals surface area contributed by atoms with Crippen LogP contribution in [0.1, 0.15) is 16.7 Å². The van der Waals surface area contributed by atoms with Gasteiger partial charge in [-0.1, -0.05) is 42.5 Å². The van der Waals surface area contributed by atoms with Gasteiger partial charge in [-0.05, 0) is 35.7 Å². The molecule has 26 heavy (non-hydrogen) atoms. The van der Waals surface area contributed by atoms with E-state index in [0.717, 1.165) is 27.9 Å². The fourth-order valence-corrected chi connectivity index (χ4v) is 3.24. The predicted molar refractivity (Wildman–Crippen MR) is 102 cm³/mol. The van der Waals surface area contributed by atoms with E-state index in [4.69, 9.17) is 4.74 Å². The summed E-state index contributed by atoms with van der Waals surface area (Å²) in [6.07, 6.45) is 3.59. The van der Waals surface area contributed by atoms with Crippen molar-refractivity contribution in [2.45, 2.75) is 20.1 Å². The molecule has 0 saturated heterocycles. The molecule has 0 bridgehead atoms. The van der Waals surface area contributed by atoms with Gasteiger partial charge in [0.2, 0.25) is 0 Å². The molecule has 2 aromatic carbocycles. The number of anilines is 1. The molecule has 2 heterocycles. The Labute approximate surface area is 153 Å². The van der Waals surface area contributed by atoms with Gasteiger partial charge in [0.05, 0.1) is 18.8 Å². The van der Waals surface area contributed by atoms with E-state index >= 15 is 0 Å². The van der Waals surface area contributed by atoms with Crippen molar-refractivity contribution in [3.8, 4) is 11.1 Å². The topological polar surface area (TPSA) is 42.4 Å². The van der Waals surface area contributed by atoms with Crippen molar-refractivity contribution in [1.29, 1.82) is 0 Å². The van der Waals surface area contributed by atoms with Crippen molar-refractivity contribution in [3.63, 3.8) is 0 Å². The zero-order valence-electron chi connectivity index (χ0n) is 14.7. The molecule has 130 valence electrons. The van der Waals surface area contributed by atoms with Gasteiger partial charge in [0.25, 0.3) is 5.91 Å². The second-order valence-electron chi connectivity index (χ2n) is 6.48. The third-order valence-electron chi connectivity index (χ3n) is 4.74. The van der Waals surface area contributed by atoms with Crippen molar-refractivity contribution < 1.29 is 9.53 Å². The predicted octanol–water partition coefficient (Wildman–Crippen LogP) is 4.12. The number of nitrogens with zero attached hydrogens (tertiary/aromatic N) is 2. The minimum Gasteiger partial charge on any atom is -0.367 e. The van der Waals surface area contributed by atoms with Gasteiger partial charge >= 0.3 is 0 Å². The maximum atomic E-state index is 12.7. The summed E-state index contributed by atoms with van der Waals surface area (Å²) in [6, 6.07) is 18.3. The second-order valence-corrected chi connectivity index (χ2v) is 6.48. The van der Waals surface area contributed by atoms with Crippen LogP contribution in [0.25, 0.3) is 11.1 Å². The molecule has 0 spiro atoms. The lowest BCUT2D eigenvalue weighted by Gasteiger charge is -2.24. The van der Waals surface area contributed by atoms with Gasteiger partial charge in [0.15, 0.2) is 0 Å². The molecule has 0 atom stereocenters. The molecule has 4 nitrogen and oxygen atoms in total. The Kier molecular flexibility index (Phi) is 4.50. The average Bonchev–Trinajstić information content (AvgIpc) is 2.83. The van der Waals surface area contributed by atoms with Gasteiger partial charge in [0.1, 0.15) is 6.61 Å². The summed E-state index contributed by atoms with van der Waals surface area (Å²) in [7, 11) is 0. The van der Waals surface area contributed by atoms with Crippen LogP contribution in [0.2, 0.25) is 0 Å². The molecule has 1 amide bonds. The number of pyridine rings is 1. The molecule has 0 fully saturated rings. The molecule has 0 radical (unpaired) electrons. The first-order valence-corrected chi connectivity index (χ1v) is 8.68. The molecule has 1 aromatic heterocycles. The third kappa shape index (κ3) is 3.24. The Hall–Kier alpha value is -2.98. The van der Waals surface area contributed by atoms with E-state index in [1.807, 2.05) is 41.4 Å². The lowest BCUT2D eigenvalue weighted by molar-refractivity contribution is -0.123. The molecule has 1 aliphatic heterocycles. The lowest BCUT2D eigenvalue weighted by Crippen LogP contribution is -2.32. The highest BCUT2D eigenvalue weighted by Gasteiger charge is 2.24. The zero-order valence-corrected chi connectivity index (χ0v) is 14.7. The number of aromatic nitrogens is 1. The Morgan fingerprint density at radius 2 is 1.92 bits per heavy atom. The number of aryl methyl sites for hydroxylation is 1. The Morgan fingerprint density at radius 1 is 1.04 bits per heavy atom. The van der Waals surface area contributed by atoms with E-state index in [1.165, 1.54) is 5.56 Å². The number of hydrogen-bond acceptors (Lipinski definition) is 3. The first-order valence-electron chi connectivity index (χ1n) is 8.68. The number of ether oxygens (including phenoxy) is 1. The van der Waals surface area contributed by atoms with Crippen molar-refractivity contribution in [3.05, 3.63) is 83.7 Å². The normalized spacial score (nSPS) is 14.0. The van der Waals surface area contributed by atoms with E-state index in [-0.39, 0.29) is 12.5 Å². The summed E-state index contributed by atoms with van der Waals surface area (Å²) in [5.74, 6) is -0.0182. The summed E-state index contributed by atoms with van der Waals surface area (Å²) < 4.78 is 5.57. The minimum absolute atomic E-state index is 0.0182. The van der Waals surface area contributed by atoms with E-state index < -0.39 is 0 Å². The average molecular weight is 344 g/mol. The summed E-state index contributed by atoms with van der Waals surface area (Å²) in [6.45, 7) is 3.15. The number of rotatable bonds is 3. The molecule has 4 rings (SSSR count). The van der Waals surface area contributed by atoms with Crippen molar-refractivity contribution in [2.75, 3.05) is 11.5 Å². The van der Waals surface area contributed by atoms with Crippen LogP contribution < -0.4 is 4.90 Å². The number of benzene rings is 2.